The molecule has 0 heterocycles. The molecule has 70 valence electrons. The monoisotopic (exact) mass is 177 g/mol. The molecule has 2 N–H and O–H groups in total. The Labute approximate surface area is 78.9 Å². The second-order valence-corrected chi connectivity index (χ2v) is 2.74. The lowest BCUT2D eigenvalue weighted by molar-refractivity contribution is 0.294. The SMILES string of the molecule is OCCNC/C=C\c1ccccc1. The molecular weight excluding hydrogens is 162 g/mol. The van der Waals surface area contributed by atoms with E-state index >= 15 is 0 Å². The smallest absolute Gasteiger partial charge is 0.0556 e. The molecule has 2 heteroatoms. The van der Waals surface area contributed by atoms with E-state index in [1.807, 2.05) is 24.3 Å². The molecule has 1 aromatic rings. The Balaban J connectivity index is 2.25. The molecule has 1 rings (SSSR count). The Morgan fingerprint density at radius 1 is 1.23 bits per heavy atom. The van der Waals surface area contributed by atoms with Crippen molar-refractivity contribution < 1.29 is 5.11 Å². The van der Waals surface area contributed by atoms with Crippen molar-refractivity contribution in [3.8, 4) is 0 Å². The molecular formula is C11H15NO. The summed E-state index contributed by atoms with van der Waals surface area (Å²) in [6.45, 7) is 1.65. The molecule has 0 aliphatic rings. The van der Waals surface area contributed by atoms with Crippen molar-refractivity contribution in [3.63, 3.8) is 0 Å². The Bertz CT molecular complexity index is 244. The zero-order chi connectivity index (χ0) is 9.36. The number of nitrogens with one attached hydrogen (secondary N) is 1. The van der Waals surface area contributed by atoms with Crippen LogP contribution in [0.3, 0.4) is 0 Å². The number of hydrogen-bond acceptors (Lipinski definition) is 2. The van der Waals surface area contributed by atoms with E-state index in [1.165, 1.54) is 5.56 Å². The summed E-state index contributed by atoms with van der Waals surface area (Å²) in [6, 6.07) is 10.1. The highest BCUT2D eigenvalue weighted by atomic mass is 16.3. The number of benzene rings is 1. The average molecular weight is 177 g/mol. The van der Waals surface area contributed by atoms with Gasteiger partial charge in [0.25, 0.3) is 0 Å². The van der Waals surface area contributed by atoms with Crippen LogP contribution in [0.4, 0.5) is 0 Å². The fourth-order valence-corrected chi connectivity index (χ4v) is 1.02. The highest BCUT2D eigenvalue weighted by Gasteiger charge is 1.82. The fourth-order valence-electron chi connectivity index (χ4n) is 1.02. The topological polar surface area (TPSA) is 32.3 Å². The maximum absolute atomic E-state index is 8.50. The van der Waals surface area contributed by atoms with Gasteiger partial charge in [0.15, 0.2) is 0 Å². The van der Waals surface area contributed by atoms with Gasteiger partial charge in [-0.15, -0.1) is 0 Å². The van der Waals surface area contributed by atoms with Crippen LogP contribution in [0.15, 0.2) is 36.4 Å². The van der Waals surface area contributed by atoms with E-state index in [0.717, 1.165) is 6.54 Å². The predicted octanol–water partition coefficient (Wildman–Crippen LogP) is 1.28. The number of aliphatic hydroxyl groups excluding tert-OH is 1. The molecule has 0 saturated heterocycles. The summed E-state index contributed by atoms with van der Waals surface area (Å²) < 4.78 is 0. The first-order valence-corrected chi connectivity index (χ1v) is 4.46. The maximum Gasteiger partial charge on any atom is 0.0556 e. The third-order valence-corrected chi connectivity index (χ3v) is 1.66. The summed E-state index contributed by atoms with van der Waals surface area (Å²) in [5.74, 6) is 0. The first kappa shape index (κ1) is 9.96. The van der Waals surface area contributed by atoms with Crippen LogP contribution in [-0.2, 0) is 0 Å². The van der Waals surface area contributed by atoms with Crippen molar-refractivity contribution >= 4 is 6.08 Å². The second-order valence-electron chi connectivity index (χ2n) is 2.74. The molecule has 0 unspecified atom stereocenters. The van der Waals surface area contributed by atoms with E-state index in [-0.39, 0.29) is 6.61 Å². The van der Waals surface area contributed by atoms with Crippen LogP contribution in [0.25, 0.3) is 6.08 Å². The Morgan fingerprint density at radius 3 is 2.69 bits per heavy atom. The molecule has 1 aromatic carbocycles. The van der Waals surface area contributed by atoms with Crippen molar-refractivity contribution in [1.29, 1.82) is 0 Å². The molecule has 0 radical (unpaired) electrons. The normalized spacial score (nSPS) is 10.8. The van der Waals surface area contributed by atoms with Crippen molar-refractivity contribution in [2.75, 3.05) is 19.7 Å². The van der Waals surface area contributed by atoms with Gasteiger partial charge in [0.2, 0.25) is 0 Å². The van der Waals surface area contributed by atoms with Gasteiger partial charge in [0.1, 0.15) is 0 Å². The minimum Gasteiger partial charge on any atom is -0.395 e. The van der Waals surface area contributed by atoms with E-state index < -0.39 is 0 Å². The predicted molar refractivity (Wildman–Crippen MR) is 55.4 cm³/mol. The minimum atomic E-state index is 0.194. The zero-order valence-corrected chi connectivity index (χ0v) is 7.61. The molecule has 0 fully saturated rings. The molecule has 0 aliphatic carbocycles. The second kappa shape index (κ2) is 6.40. The third kappa shape index (κ3) is 4.45. The molecule has 0 atom stereocenters. The molecule has 2 nitrogen and oxygen atoms in total. The lowest BCUT2D eigenvalue weighted by Gasteiger charge is -1.95. The van der Waals surface area contributed by atoms with E-state index in [1.54, 1.807) is 0 Å². The lowest BCUT2D eigenvalue weighted by atomic mass is 10.2. The van der Waals surface area contributed by atoms with Gasteiger partial charge in [-0.05, 0) is 5.56 Å². The van der Waals surface area contributed by atoms with Gasteiger partial charge in [-0.2, -0.15) is 0 Å². The summed E-state index contributed by atoms with van der Waals surface area (Å²) in [5, 5.41) is 11.6. The van der Waals surface area contributed by atoms with Crippen LogP contribution in [0.1, 0.15) is 5.56 Å². The Hall–Kier alpha value is -1.12. The average Bonchev–Trinajstić information content (AvgIpc) is 2.19. The van der Waals surface area contributed by atoms with Gasteiger partial charge in [-0.3, -0.25) is 0 Å². The molecule has 0 aromatic heterocycles. The zero-order valence-electron chi connectivity index (χ0n) is 7.61. The summed E-state index contributed by atoms with van der Waals surface area (Å²) in [4.78, 5) is 0. The fraction of sp³-hybridized carbons (Fsp3) is 0.273. The van der Waals surface area contributed by atoms with Crippen LogP contribution in [0.2, 0.25) is 0 Å². The van der Waals surface area contributed by atoms with Crippen LogP contribution < -0.4 is 5.32 Å². The van der Waals surface area contributed by atoms with Crippen LogP contribution in [-0.4, -0.2) is 24.8 Å². The third-order valence-electron chi connectivity index (χ3n) is 1.66. The van der Waals surface area contributed by atoms with Crippen LogP contribution in [0, 0.1) is 0 Å². The standard InChI is InChI=1S/C11H15NO/c13-10-9-12-8-4-7-11-5-2-1-3-6-11/h1-7,12-13H,8-10H2/b7-4-. The lowest BCUT2D eigenvalue weighted by Crippen LogP contribution is -2.17. The maximum atomic E-state index is 8.50. The molecule has 0 aliphatic heterocycles. The first-order valence-electron chi connectivity index (χ1n) is 4.46. The summed E-state index contributed by atoms with van der Waals surface area (Å²) >= 11 is 0. The van der Waals surface area contributed by atoms with E-state index in [0.29, 0.717) is 6.54 Å². The quantitative estimate of drug-likeness (QED) is 0.664. The largest absolute Gasteiger partial charge is 0.395 e. The molecule has 0 bridgehead atoms. The van der Waals surface area contributed by atoms with Crippen molar-refractivity contribution in [2.45, 2.75) is 0 Å². The van der Waals surface area contributed by atoms with Crippen LogP contribution >= 0.6 is 0 Å². The van der Waals surface area contributed by atoms with E-state index in [2.05, 4.69) is 23.5 Å². The van der Waals surface area contributed by atoms with E-state index in [9.17, 15) is 0 Å². The van der Waals surface area contributed by atoms with Gasteiger partial charge in [-0.1, -0.05) is 42.5 Å². The van der Waals surface area contributed by atoms with Gasteiger partial charge < -0.3 is 10.4 Å². The van der Waals surface area contributed by atoms with Crippen molar-refractivity contribution in [2.24, 2.45) is 0 Å². The molecule has 13 heavy (non-hydrogen) atoms. The Morgan fingerprint density at radius 2 is 2.00 bits per heavy atom. The highest BCUT2D eigenvalue weighted by molar-refractivity contribution is 5.48. The van der Waals surface area contributed by atoms with E-state index in [4.69, 9.17) is 5.11 Å². The number of aliphatic hydroxyl groups is 1. The number of rotatable bonds is 5. The van der Waals surface area contributed by atoms with Gasteiger partial charge in [0.05, 0.1) is 6.61 Å². The highest BCUT2D eigenvalue weighted by Crippen LogP contribution is 1.99. The summed E-state index contributed by atoms with van der Waals surface area (Å²) in [5.41, 5.74) is 1.20. The minimum absolute atomic E-state index is 0.194. The van der Waals surface area contributed by atoms with Gasteiger partial charge in [0, 0.05) is 13.1 Å². The first-order chi connectivity index (χ1) is 6.43. The molecule has 0 spiro atoms. The molecule has 0 amide bonds. The Kier molecular flexibility index (Phi) is 4.91. The molecule has 0 saturated carbocycles. The van der Waals surface area contributed by atoms with Crippen molar-refractivity contribution in [3.05, 3.63) is 42.0 Å². The van der Waals surface area contributed by atoms with Crippen LogP contribution in [0.5, 0.6) is 0 Å². The van der Waals surface area contributed by atoms with Crippen molar-refractivity contribution in [1.82, 2.24) is 5.32 Å². The van der Waals surface area contributed by atoms with Gasteiger partial charge in [-0.25, -0.2) is 0 Å². The summed E-state index contributed by atoms with van der Waals surface area (Å²) in [6.07, 6.45) is 4.11. The number of hydrogen-bond donors (Lipinski definition) is 2. The van der Waals surface area contributed by atoms with Gasteiger partial charge >= 0.3 is 0 Å². The summed E-state index contributed by atoms with van der Waals surface area (Å²) in [7, 11) is 0.